The lowest BCUT2D eigenvalue weighted by molar-refractivity contribution is 0.0699. The standard InChI is InChI=1S/C11H11N3O2/c1-6-2-4-7(5-3-6)9-8(11(15)16)10(12)14-13-9/h2-5H,1H3,(H,15,16)(H3,12,13,14). The van der Waals surface area contributed by atoms with E-state index in [1.54, 1.807) is 0 Å². The summed E-state index contributed by atoms with van der Waals surface area (Å²) in [6.07, 6.45) is 0. The summed E-state index contributed by atoms with van der Waals surface area (Å²) >= 11 is 0. The SMILES string of the molecule is Cc1ccc(-c2[nH]nc(N)c2C(=O)O)cc1. The number of hydrogen-bond donors (Lipinski definition) is 3. The van der Waals surface area contributed by atoms with Crippen molar-refractivity contribution in [3.8, 4) is 11.3 Å². The number of carbonyl (C=O) groups is 1. The average Bonchev–Trinajstić information content (AvgIpc) is 2.61. The van der Waals surface area contributed by atoms with Crippen LogP contribution in [0.4, 0.5) is 5.82 Å². The van der Waals surface area contributed by atoms with Gasteiger partial charge in [0.25, 0.3) is 0 Å². The molecule has 82 valence electrons. The van der Waals surface area contributed by atoms with Crippen molar-refractivity contribution < 1.29 is 9.90 Å². The van der Waals surface area contributed by atoms with Crippen molar-refractivity contribution in [1.82, 2.24) is 10.2 Å². The molecule has 5 nitrogen and oxygen atoms in total. The highest BCUT2D eigenvalue weighted by Gasteiger charge is 2.18. The minimum atomic E-state index is -1.08. The number of benzene rings is 1. The highest BCUT2D eigenvalue weighted by Crippen LogP contribution is 2.25. The van der Waals surface area contributed by atoms with Gasteiger partial charge in [-0.1, -0.05) is 29.8 Å². The van der Waals surface area contributed by atoms with Crippen molar-refractivity contribution in [3.63, 3.8) is 0 Å². The first-order chi connectivity index (χ1) is 7.59. The topological polar surface area (TPSA) is 92.0 Å². The fraction of sp³-hybridized carbons (Fsp3) is 0.0909. The Morgan fingerprint density at radius 3 is 2.56 bits per heavy atom. The van der Waals surface area contributed by atoms with Crippen LogP contribution in [0.3, 0.4) is 0 Å². The predicted octanol–water partition coefficient (Wildman–Crippen LogP) is 1.67. The summed E-state index contributed by atoms with van der Waals surface area (Å²) in [6.45, 7) is 1.96. The first-order valence-corrected chi connectivity index (χ1v) is 4.73. The Kier molecular flexibility index (Phi) is 2.36. The molecule has 0 radical (unpaired) electrons. The molecule has 0 aliphatic carbocycles. The summed E-state index contributed by atoms with van der Waals surface area (Å²) in [5.41, 5.74) is 7.80. The van der Waals surface area contributed by atoms with Crippen molar-refractivity contribution >= 4 is 11.8 Å². The number of nitrogens with zero attached hydrogens (tertiary/aromatic N) is 1. The van der Waals surface area contributed by atoms with Crippen LogP contribution in [0.2, 0.25) is 0 Å². The fourth-order valence-electron chi connectivity index (χ4n) is 1.50. The quantitative estimate of drug-likeness (QED) is 0.713. The third kappa shape index (κ3) is 1.63. The summed E-state index contributed by atoms with van der Waals surface area (Å²) < 4.78 is 0. The Morgan fingerprint density at radius 2 is 2.00 bits per heavy atom. The minimum Gasteiger partial charge on any atom is -0.477 e. The Labute approximate surface area is 91.9 Å². The maximum Gasteiger partial charge on any atom is 0.341 e. The van der Waals surface area contributed by atoms with Gasteiger partial charge in [-0.2, -0.15) is 5.10 Å². The molecule has 0 aliphatic rings. The van der Waals surface area contributed by atoms with Gasteiger partial charge in [0, 0.05) is 5.56 Å². The maximum absolute atomic E-state index is 11.0. The number of nitrogens with two attached hydrogens (primary N) is 1. The molecule has 1 aromatic carbocycles. The van der Waals surface area contributed by atoms with Gasteiger partial charge in [-0.15, -0.1) is 0 Å². The fourth-order valence-corrected chi connectivity index (χ4v) is 1.50. The smallest absolute Gasteiger partial charge is 0.341 e. The number of anilines is 1. The molecule has 0 saturated carbocycles. The largest absolute Gasteiger partial charge is 0.477 e. The lowest BCUT2D eigenvalue weighted by atomic mass is 10.1. The van der Waals surface area contributed by atoms with Gasteiger partial charge in [0.1, 0.15) is 5.56 Å². The number of aromatic amines is 1. The summed E-state index contributed by atoms with van der Waals surface area (Å²) in [7, 11) is 0. The maximum atomic E-state index is 11.0. The molecule has 2 aromatic rings. The molecule has 4 N–H and O–H groups in total. The van der Waals surface area contributed by atoms with Crippen LogP contribution >= 0.6 is 0 Å². The summed E-state index contributed by atoms with van der Waals surface area (Å²) in [6, 6.07) is 7.46. The number of aromatic carboxylic acids is 1. The predicted molar refractivity (Wildman–Crippen MR) is 60.1 cm³/mol. The van der Waals surface area contributed by atoms with E-state index in [0.717, 1.165) is 11.1 Å². The van der Waals surface area contributed by atoms with Gasteiger partial charge >= 0.3 is 5.97 Å². The number of carboxylic acids is 1. The monoisotopic (exact) mass is 217 g/mol. The zero-order valence-corrected chi connectivity index (χ0v) is 8.69. The molecule has 0 aliphatic heterocycles. The van der Waals surface area contributed by atoms with Gasteiger partial charge < -0.3 is 10.8 Å². The van der Waals surface area contributed by atoms with Gasteiger partial charge in [0.2, 0.25) is 0 Å². The molecule has 0 fully saturated rings. The van der Waals surface area contributed by atoms with E-state index >= 15 is 0 Å². The molecular formula is C11H11N3O2. The van der Waals surface area contributed by atoms with Crippen molar-refractivity contribution in [2.75, 3.05) is 5.73 Å². The molecule has 5 heteroatoms. The second-order valence-electron chi connectivity index (χ2n) is 3.53. The number of aromatic nitrogens is 2. The molecule has 0 saturated heterocycles. The molecule has 0 atom stereocenters. The Morgan fingerprint density at radius 1 is 1.38 bits per heavy atom. The van der Waals surface area contributed by atoms with Crippen molar-refractivity contribution in [2.45, 2.75) is 6.92 Å². The van der Waals surface area contributed by atoms with Crippen molar-refractivity contribution in [2.24, 2.45) is 0 Å². The molecule has 2 rings (SSSR count). The second-order valence-corrected chi connectivity index (χ2v) is 3.53. The Hall–Kier alpha value is -2.30. The van der Waals surface area contributed by atoms with E-state index in [4.69, 9.17) is 10.8 Å². The van der Waals surface area contributed by atoms with E-state index in [0.29, 0.717) is 5.69 Å². The third-order valence-corrected chi connectivity index (χ3v) is 2.35. The number of H-pyrrole nitrogens is 1. The number of aryl methyl sites for hydroxylation is 1. The molecule has 0 spiro atoms. The summed E-state index contributed by atoms with van der Waals surface area (Å²) in [5, 5.41) is 15.4. The van der Waals surface area contributed by atoms with Gasteiger partial charge in [-0.25, -0.2) is 4.79 Å². The van der Waals surface area contributed by atoms with Crippen LogP contribution < -0.4 is 5.73 Å². The van der Waals surface area contributed by atoms with Crippen LogP contribution in [0.15, 0.2) is 24.3 Å². The van der Waals surface area contributed by atoms with E-state index in [1.165, 1.54) is 0 Å². The van der Waals surface area contributed by atoms with Crippen molar-refractivity contribution in [1.29, 1.82) is 0 Å². The van der Waals surface area contributed by atoms with Crippen molar-refractivity contribution in [3.05, 3.63) is 35.4 Å². The molecule has 0 bridgehead atoms. The number of rotatable bonds is 2. The van der Waals surface area contributed by atoms with Crippen LogP contribution in [0.5, 0.6) is 0 Å². The molecule has 16 heavy (non-hydrogen) atoms. The first kappa shape index (κ1) is 10.2. The van der Waals surface area contributed by atoms with Crippen LogP contribution in [0.1, 0.15) is 15.9 Å². The van der Waals surface area contributed by atoms with Crippen LogP contribution in [0.25, 0.3) is 11.3 Å². The number of carboxylic acid groups (broad SMARTS) is 1. The van der Waals surface area contributed by atoms with E-state index in [-0.39, 0.29) is 11.4 Å². The highest BCUT2D eigenvalue weighted by atomic mass is 16.4. The Balaban J connectivity index is 2.56. The number of hydrogen-bond acceptors (Lipinski definition) is 3. The molecule has 1 heterocycles. The zero-order valence-electron chi connectivity index (χ0n) is 8.69. The van der Waals surface area contributed by atoms with Crippen LogP contribution in [-0.2, 0) is 0 Å². The second kappa shape index (κ2) is 3.69. The Bertz CT molecular complexity index is 529. The molecular weight excluding hydrogens is 206 g/mol. The number of nitrogen functional groups attached to an aromatic ring is 1. The molecule has 1 aromatic heterocycles. The van der Waals surface area contributed by atoms with E-state index < -0.39 is 5.97 Å². The molecule has 0 amide bonds. The highest BCUT2D eigenvalue weighted by molar-refractivity contribution is 5.99. The summed E-state index contributed by atoms with van der Waals surface area (Å²) in [4.78, 5) is 11.0. The normalized spacial score (nSPS) is 10.3. The van der Waals surface area contributed by atoms with Gasteiger partial charge in [-0.3, -0.25) is 5.10 Å². The van der Waals surface area contributed by atoms with Crippen LogP contribution in [-0.4, -0.2) is 21.3 Å². The minimum absolute atomic E-state index is 0.00285. The number of nitrogens with one attached hydrogen (secondary N) is 1. The lowest BCUT2D eigenvalue weighted by Gasteiger charge is -2.00. The average molecular weight is 217 g/mol. The van der Waals surface area contributed by atoms with E-state index in [2.05, 4.69) is 10.2 Å². The van der Waals surface area contributed by atoms with Gasteiger partial charge in [0.15, 0.2) is 5.82 Å². The lowest BCUT2D eigenvalue weighted by Crippen LogP contribution is -2.01. The first-order valence-electron chi connectivity index (χ1n) is 4.73. The summed E-state index contributed by atoms with van der Waals surface area (Å²) in [5.74, 6) is -1.08. The van der Waals surface area contributed by atoms with Gasteiger partial charge in [-0.05, 0) is 6.92 Å². The third-order valence-electron chi connectivity index (χ3n) is 2.35. The van der Waals surface area contributed by atoms with E-state index in [9.17, 15) is 4.79 Å². The van der Waals surface area contributed by atoms with E-state index in [1.807, 2.05) is 31.2 Å². The zero-order chi connectivity index (χ0) is 11.7. The molecule has 0 unspecified atom stereocenters. The van der Waals surface area contributed by atoms with Gasteiger partial charge in [0.05, 0.1) is 5.69 Å². The van der Waals surface area contributed by atoms with Crippen LogP contribution in [0, 0.1) is 6.92 Å².